The predicted molar refractivity (Wildman–Crippen MR) is 55.2 cm³/mol. The van der Waals surface area contributed by atoms with Crippen molar-refractivity contribution in [1.29, 1.82) is 0 Å². The minimum absolute atomic E-state index is 0.118. The molecule has 0 amide bonds. The van der Waals surface area contributed by atoms with Gasteiger partial charge in [0.25, 0.3) is 0 Å². The Morgan fingerprint density at radius 2 is 2.33 bits per heavy atom. The Hall–Kier alpha value is -1.55. The summed E-state index contributed by atoms with van der Waals surface area (Å²) in [6.45, 7) is 2.40. The summed E-state index contributed by atoms with van der Waals surface area (Å²) < 4.78 is 5.41. The molecule has 1 aromatic rings. The van der Waals surface area contributed by atoms with Gasteiger partial charge in [-0.25, -0.2) is 4.79 Å². The molecular formula is C11H13NO3. The molecule has 1 aliphatic rings. The Bertz CT molecular complexity index is 415. The van der Waals surface area contributed by atoms with Crippen LogP contribution in [0, 0.1) is 6.92 Å². The van der Waals surface area contributed by atoms with Crippen LogP contribution in [-0.4, -0.2) is 17.7 Å². The lowest BCUT2D eigenvalue weighted by Crippen LogP contribution is -2.23. The molecule has 0 saturated carbocycles. The molecule has 0 spiro atoms. The van der Waals surface area contributed by atoms with Crippen LogP contribution in [0.1, 0.15) is 33.9 Å². The molecule has 0 saturated heterocycles. The lowest BCUT2D eigenvalue weighted by Gasteiger charge is -2.25. The largest absolute Gasteiger partial charge is 0.492 e. The first-order chi connectivity index (χ1) is 7.11. The van der Waals surface area contributed by atoms with Crippen molar-refractivity contribution in [2.45, 2.75) is 19.4 Å². The van der Waals surface area contributed by atoms with E-state index in [1.165, 1.54) is 0 Å². The van der Waals surface area contributed by atoms with Gasteiger partial charge in [0.05, 0.1) is 6.61 Å². The molecule has 1 aromatic carbocycles. The molecule has 1 aliphatic heterocycles. The number of carboxylic acid groups (broad SMARTS) is 1. The lowest BCUT2D eigenvalue weighted by molar-refractivity contribution is 0.0690. The van der Waals surface area contributed by atoms with Crippen molar-refractivity contribution in [2.75, 3.05) is 6.61 Å². The van der Waals surface area contributed by atoms with Gasteiger partial charge in [0.1, 0.15) is 11.3 Å². The Balaban J connectivity index is 2.63. The van der Waals surface area contributed by atoms with E-state index in [9.17, 15) is 4.79 Å². The van der Waals surface area contributed by atoms with E-state index >= 15 is 0 Å². The third kappa shape index (κ3) is 1.57. The topological polar surface area (TPSA) is 72.5 Å². The Labute approximate surface area is 87.7 Å². The Morgan fingerprint density at radius 3 is 3.00 bits per heavy atom. The number of aromatic carboxylic acids is 1. The number of carboxylic acids is 1. The number of nitrogens with two attached hydrogens (primary N) is 1. The summed E-state index contributed by atoms with van der Waals surface area (Å²) in [7, 11) is 0. The molecule has 0 bridgehead atoms. The third-order valence-electron chi connectivity index (χ3n) is 2.69. The highest BCUT2D eigenvalue weighted by Gasteiger charge is 2.25. The molecule has 80 valence electrons. The average Bonchev–Trinajstić information content (AvgIpc) is 2.17. The van der Waals surface area contributed by atoms with Crippen LogP contribution >= 0.6 is 0 Å². The van der Waals surface area contributed by atoms with E-state index in [0.717, 1.165) is 17.5 Å². The predicted octanol–water partition coefficient (Wildman–Crippen LogP) is 1.48. The highest BCUT2D eigenvalue weighted by Crippen LogP contribution is 2.36. The molecule has 0 aliphatic carbocycles. The van der Waals surface area contributed by atoms with Gasteiger partial charge in [0, 0.05) is 18.0 Å². The van der Waals surface area contributed by atoms with Crippen LogP contribution in [-0.2, 0) is 0 Å². The van der Waals surface area contributed by atoms with Crippen LogP contribution < -0.4 is 10.5 Å². The normalized spacial score (nSPS) is 19.2. The molecule has 0 radical (unpaired) electrons. The van der Waals surface area contributed by atoms with Gasteiger partial charge in [0.15, 0.2) is 0 Å². The maximum atomic E-state index is 11.0. The lowest BCUT2D eigenvalue weighted by atomic mass is 9.94. The summed E-state index contributed by atoms with van der Waals surface area (Å²) >= 11 is 0. The third-order valence-corrected chi connectivity index (χ3v) is 2.69. The minimum Gasteiger partial charge on any atom is -0.492 e. The first-order valence-corrected chi connectivity index (χ1v) is 4.86. The van der Waals surface area contributed by atoms with Crippen LogP contribution in [0.4, 0.5) is 0 Å². The fourth-order valence-electron chi connectivity index (χ4n) is 1.91. The van der Waals surface area contributed by atoms with Gasteiger partial charge in [-0.1, -0.05) is 6.07 Å². The fraction of sp³-hybridized carbons (Fsp3) is 0.364. The SMILES string of the molecule is Cc1ccc(C(=O)O)c2c1[C@@H](N)CCO2. The molecule has 3 N–H and O–H groups in total. The maximum Gasteiger partial charge on any atom is 0.339 e. The van der Waals surface area contributed by atoms with Gasteiger partial charge in [-0.15, -0.1) is 0 Å². The van der Waals surface area contributed by atoms with Gasteiger partial charge in [0.2, 0.25) is 0 Å². The van der Waals surface area contributed by atoms with Crippen molar-refractivity contribution in [3.63, 3.8) is 0 Å². The fourth-order valence-corrected chi connectivity index (χ4v) is 1.91. The summed E-state index contributed by atoms with van der Waals surface area (Å²) in [6.07, 6.45) is 0.733. The zero-order valence-corrected chi connectivity index (χ0v) is 8.49. The van der Waals surface area contributed by atoms with Crippen LogP contribution in [0.5, 0.6) is 5.75 Å². The number of hydrogen-bond acceptors (Lipinski definition) is 3. The molecule has 0 unspecified atom stereocenters. The maximum absolute atomic E-state index is 11.0. The molecule has 4 heteroatoms. The van der Waals surface area contributed by atoms with Crippen LogP contribution in [0.3, 0.4) is 0 Å². The van der Waals surface area contributed by atoms with Gasteiger partial charge in [-0.3, -0.25) is 0 Å². The number of fused-ring (bicyclic) bond motifs is 1. The zero-order chi connectivity index (χ0) is 11.0. The van der Waals surface area contributed by atoms with Crippen LogP contribution in [0.15, 0.2) is 12.1 Å². The second-order valence-electron chi connectivity index (χ2n) is 3.72. The molecular weight excluding hydrogens is 194 g/mol. The smallest absolute Gasteiger partial charge is 0.339 e. The van der Waals surface area contributed by atoms with Gasteiger partial charge in [-0.05, 0) is 18.6 Å². The van der Waals surface area contributed by atoms with Gasteiger partial charge < -0.3 is 15.6 Å². The van der Waals surface area contributed by atoms with Crippen molar-refractivity contribution in [2.24, 2.45) is 5.73 Å². The Kier molecular flexibility index (Phi) is 2.36. The zero-order valence-electron chi connectivity index (χ0n) is 8.49. The summed E-state index contributed by atoms with van der Waals surface area (Å²) in [5.74, 6) is -0.526. The van der Waals surface area contributed by atoms with Crippen LogP contribution in [0.25, 0.3) is 0 Å². The van der Waals surface area contributed by atoms with E-state index in [4.69, 9.17) is 15.6 Å². The number of ether oxygens (including phenoxy) is 1. The van der Waals surface area contributed by atoms with E-state index in [1.54, 1.807) is 12.1 Å². The minimum atomic E-state index is -0.972. The van der Waals surface area contributed by atoms with E-state index < -0.39 is 5.97 Å². The highest BCUT2D eigenvalue weighted by atomic mass is 16.5. The number of rotatable bonds is 1. The van der Waals surface area contributed by atoms with Crippen molar-refractivity contribution < 1.29 is 14.6 Å². The molecule has 15 heavy (non-hydrogen) atoms. The van der Waals surface area contributed by atoms with E-state index in [0.29, 0.717) is 12.4 Å². The van der Waals surface area contributed by atoms with Gasteiger partial charge in [-0.2, -0.15) is 0 Å². The van der Waals surface area contributed by atoms with Gasteiger partial charge >= 0.3 is 5.97 Å². The first kappa shape index (κ1) is 9.98. The van der Waals surface area contributed by atoms with E-state index in [-0.39, 0.29) is 11.6 Å². The number of hydrogen-bond donors (Lipinski definition) is 2. The quantitative estimate of drug-likeness (QED) is 0.731. The molecule has 1 atom stereocenters. The average molecular weight is 207 g/mol. The van der Waals surface area contributed by atoms with E-state index in [2.05, 4.69) is 0 Å². The molecule has 4 nitrogen and oxygen atoms in total. The molecule has 0 aromatic heterocycles. The van der Waals surface area contributed by atoms with E-state index in [1.807, 2.05) is 6.92 Å². The number of aryl methyl sites for hydroxylation is 1. The molecule has 0 fully saturated rings. The number of benzene rings is 1. The second-order valence-corrected chi connectivity index (χ2v) is 3.72. The standard InChI is InChI=1S/C11H13NO3/c1-6-2-3-7(11(13)14)10-9(6)8(12)4-5-15-10/h2-3,8H,4-5,12H2,1H3,(H,13,14)/t8-/m0/s1. The summed E-state index contributed by atoms with van der Waals surface area (Å²) in [6, 6.07) is 3.22. The first-order valence-electron chi connectivity index (χ1n) is 4.86. The van der Waals surface area contributed by atoms with Crippen molar-refractivity contribution in [3.05, 3.63) is 28.8 Å². The second kappa shape index (κ2) is 3.55. The summed E-state index contributed by atoms with van der Waals surface area (Å²) in [4.78, 5) is 11.0. The Morgan fingerprint density at radius 1 is 1.60 bits per heavy atom. The van der Waals surface area contributed by atoms with Crippen molar-refractivity contribution >= 4 is 5.97 Å². The monoisotopic (exact) mass is 207 g/mol. The highest BCUT2D eigenvalue weighted by molar-refractivity contribution is 5.91. The summed E-state index contributed by atoms with van der Waals surface area (Å²) in [5.41, 5.74) is 7.97. The number of carbonyl (C=O) groups is 1. The van der Waals surface area contributed by atoms with Crippen molar-refractivity contribution in [1.82, 2.24) is 0 Å². The van der Waals surface area contributed by atoms with Crippen molar-refractivity contribution in [3.8, 4) is 5.75 Å². The molecule has 1 heterocycles. The van der Waals surface area contributed by atoms with Crippen LogP contribution in [0.2, 0.25) is 0 Å². The molecule has 2 rings (SSSR count). The summed E-state index contributed by atoms with van der Waals surface area (Å²) in [5, 5.41) is 9.00.